The number of nitrogens with zero attached hydrogens (tertiary/aromatic N) is 3. The van der Waals surface area contributed by atoms with Gasteiger partial charge in [0.25, 0.3) is 0 Å². The molecule has 1 fully saturated rings. The summed E-state index contributed by atoms with van der Waals surface area (Å²) in [6.07, 6.45) is 6.48. The van der Waals surface area contributed by atoms with Gasteiger partial charge in [-0.25, -0.2) is 4.68 Å². The Bertz CT molecular complexity index is 593. The highest BCUT2D eigenvalue weighted by Crippen LogP contribution is 2.31. The van der Waals surface area contributed by atoms with E-state index in [4.69, 9.17) is 5.73 Å². The molecule has 1 amide bonds. The Morgan fingerprint density at radius 3 is 2.81 bits per heavy atom. The Kier molecular flexibility index (Phi) is 3.96. The molecule has 2 aromatic rings. The second-order valence-electron chi connectivity index (χ2n) is 5.42. The fraction of sp³-hybridized carbons (Fsp3) is 0.400. The van der Waals surface area contributed by atoms with Crippen LogP contribution >= 0.6 is 0 Å². The molecular formula is C15H19N5O. The van der Waals surface area contributed by atoms with Crippen LogP contribution in [0, 0.1) is 11.8 Å². The SMILES string of the molecule is NC[C@H]1CCC[C@H]1C(=O)Nc1ccc(-n2ccnn2)cc1. The number of nitrogens with two attached hydrogens (primary N) is 1. The number of carbonyl (C=O) groups is 1. The Hall–Kier alpha value is -2.21. The zero-order chi connectivity index (χ0) is 14.7. The number of amides is 1. The Labute approximate surface area is 123 Å². The van der Waals surface area contributed by atoms with E-state index in [9.17, 15) is 4.79 Å². The van der Waals surface area contributed by atoms with E-state index in [0.717, 1.165) is 30.6 Å². The zero-order valence-electron chi connectivity index (χ0n) is 11.8. The molecule has 0 saturated heterocycles. The minimum atomic E-state index is 0.0463. The van der Waals surface area contributed by atoms with Crippen molar-refractivity contribution in [2.75, 3.05) is 11.9 Å². The molecule has 0 radical (unpaired) electrons. The summed E-state index contributed by atoms with van der Waals surface area (Å²) in [5.41, 5.74) is 7.44. The first kappa shape index (κ1) is 13.8. The van der Waals surface area contributed by atoms with Crippen molar-refractivity contribution < 1.29 is 4.79 Å². The maximum atomic E-state index is 12.3. The monoisotopic (exact) mass is 285 g/mol. The first-order valence-electron chi connectivity index (χ1n) is 7.25. The summed E-state index contributed by atoms with van der Waals surface area (Å²) in [4.78, 5) is 12.3. The third kappa shape index (κ3) is 2.95. The van der Waals surface area contributed by atoms with E-state index in [0.29, 0.717) is 12.5 Å². The predicted octanol–water partition coefficient (Wildman–Crippen LogP) is 1.58. The summed E-state index contributed by atoms with van der Waals surface area (Å²) in [5.74, 6) is 0.445. The van der Waals surface area contributed by atoms with Crippen molar-refractivity contribution in [3.8, 4) is 5.69 Å². The summed E-state index contributed by atoms with van der Waals surface area (Å²) in [6, 6.07) is 7.56. The second kappa shape index (κ2) is 6.05. The van der Waals surface area contributed by atoms with E-state index in [-0.39, 0.29) is 11.8 Å². The van der Waals surface area contributed by atoms with Crippen LogP contribution in [0.15, 0.2) is 36.7 Å². The Balaban J connectivity index is 1.66. The van der Waals surface area contributed by atoms with E-state index in [2.05, 4.69) is 15.6 Å². The van der Waals surface area contributed by atoms with Crippen LogP contribution in [0.25, 0.3) is 5.69 Å². The van der Waals surface area contributed by atoms with Crippen molar-refractivity contribution in [3.05, 3.63) is 36.7 Å². The standard InChI is InChI=1S/C15H19N5O/c16-10-11-2-1-3-14(11)15(21)18-12-4-6-13(7-5-12)20-9-8-17-19-20/h4-9,11,14H,1-3,10,16H2,(H,18,21)/t11-,14-/m1/s1. The fourth-order valence-corrected chi connectivity index (χ4v) is 2.94. The lowest BCUT2D eigenvalue weighted by molar-refractivity contribution is -0.120. The molecule has 1 aliphatic rings. The first-order valence-corrected chi connectivity index (χ1v) is 7.25. The predicted molar refractivity (Wildman–Crippen MR) is 79.9 cm³/mol. The molecule has 3 N–H and O–H groups in total. The number of nitrogens with one attached hydrogen (secondary N) is 1. The number of hydrogen-bond acceptors (Lipinski definition) is 4. The first-order chi connectivity index (χ1) is 10.3. The number of benzene rings is 1. The summed E-state index contributed by atoms with van der Waals surface area (Å²) in [7, 11) is 0. The normalized spacial score (nSPS) is 21.4. The molecule has 2 atom stereocenters. The highest BCUT2D eigenvalue weighted by atomic mass is 16.1. The maximum Gasteiger partial charge on any atom is 0.227 e. The topological polar surface area (TPSA) is 85.8 Å². The number of carbonyl (C=O) groups excluding carboxylic acids is 1. The number of hydrogen-bond donors (Lipinski definition) is 2. The van der Waals surface area contributed by atoms with E-state index in [1.54, 1.807) is 17.1 Å². The van der Waals surface area contributed by atoms with Gasteiger partial charge < -0.3 is 11.1 Å². The van der Waals surface area contributed by atoms with E-state index >= 15 is 0 Å². The smallest absolute Gasteiger partial charge is 0.227 e. The third-order valence-electron chi connectivity index (χ3n) is 4.12. The quantitative estimate of drug-likeness (QED) is 0.893. The largest absolute Gasteiger partial charge is 0.330 e. The zero-order valence-corrected chi connectivity index (χ0v) is 11.8. The highest BCUT2D eigenvalue weighted by Gasteiger charge is 2.31. The maximum absolute atomic E-state index is 12.3. The van der Waals surface area contributed by atoms with Crippen LogP contribution in [0.3, 0.4) is 0 Å². The van der Waals surface area contributed by atoms with Crippen LogP contribution in [-0.2, 0) is 4.79 Å². The van der Waals surface area contributed by atoms with Crippen molar-refractivity contribution in [2.24, 2.45) is 17.6 Å². The summed E-state index contributed by atoms with van der Waals surface area (Å²) in [6.45, 7) is 0.587. The van der Waals surface area contributed by atoms with Crippen molar-refractivity contribution >= 4 is 11.6 Å². The van der Waals surface area contributed by atoms with Crippen LogP contribution in [-0.4, -0.2) is 27.4 Å². The molecule has 1 saturated carbocycles. The molecule has 6 heteroatoms. The molecular weight excluding hydrogens is 266 g/mol. The van der Waals surface area contributed by atoms with Crippen molar-refractivity contribution in [1.29, 1.82) is 0 Å². The molecule has 1 aliphatic carbocycles. The van der Waals surface area contributed by atoms with Gasteiger partial charge in [-0.2, -0.15) is 0 Å². The summed E-state index contributed by atoms with van der Waals surface area (Å²) in [5, 5.41) is 10.7. The van der Waals surface area contributed by atoms with Crippen LogP contribution in [0.2, 0.25) is 0 Å². The lowest BCUT2D eigenvalue weighted by Crippen LogP contribution is -2.29. The van der Waals surface area contributed by atoms with E-state index in [1.807, 2.05) is 24.3 Å². The lowest BCUT2D eigenvalue weighted by atomic mass is 9.95. The summed E-state index contributed by atoms with van der Waals surface area (Å²) >= 11 is 0. The molecule has 110 valence electrons. The van der Waals surface area contributed by atoms with Gasteiger partial charge in [0.15, 0.2) is 0 Å². The summed E-state index contributed by atoms with van der Waals surface area (Å²) < 4.78 is 1.67. The number of rotatable bonds is 4. The van der Waals surface area contributed by atoms with Crippen molar-refractivity contribution in [3.63, 3.8) is 0 Å². The van der Waals surface area contributed by atoms with Gasteiger partial charge in [-0.1, -0.05) is 11.6 Å². The van der Waals surface area contributed by atoms with Gasteiger partial charge in [0, 0.05) is 11.6 Å². The molecule has 0 spiro atoms. The van der Waals surface area contributed by atoms with Gasteiger partial charge in [0.05, 0.1) is 18.1 Å². The molecule has 0 bridgehead atoms. The fourth-order valence-electron chi connectivity index (χ4n) is 2.94. The molecule has 0 aliphatic heterocycles. The average molecular weight is 285 g/mol. The lowest BCUT2D eigenvalue weighted by Gasteiger charge is -2.17. The van der Waals surface area contributed by atoms with Gasteiger partial charge in [0.2, 0.25) is 5.91 Å². The molecule has 0 unspecified atom stereocenters. The van der Waals surface area contributed by atoms with Crippen LogP contribution < -0.4 is 11.1 Å². The van der Waals surface area contributed by atoms with Crippen LogP contribution in [0.1, 0.15) is 19.3 Å². The minimum absolute atomic E-state index is 0.0463. The van der Waals surface area contributed by atoms with Gasteiger partial charge in [-0.3, -0.25) is 4.79 Å². The molecule has 3 rings (SSSR count). The van der Waals surface area contributed by atoms with Crippen molar-refractivity contribution in [2.45, 2.75) is 19.3 Å². The van der Waals surface area contributed by atoms with Gasteiger partial charge in [-0.15, -0.1) is 5.10 Å². The molecule has 1 aromatic heterocycles. The van der Waals surface area contributed by atoms with Gasteiger partial charge >= 0.3 is 0 Å². The minimum Gasteiger partial charge on any atom is -0.330 e. The second-order valence-corrected chi connectivity index (χ2v) is 5.42. The van der Waals surface area contributed by atoms with Crippen LogP contribution in [0.4, 0.5) is 5.69 Å². The molecule has 6 nitrogen and oxygen atoms in total. The van der Waals surface area contributed by atoms with E-state index in [1.165, 1.54) is 0 Å². The molecule has 21 heavy (non-hydrogen) atoms. The highest BCUT2D eigenvalue weighted by molar-refractivity contribution is 5.93. The van der Waals surface area contributed by atoms with Crippen LogP contribution in [0.5, 0.6) is 0 Å². The number of aromatic nitrogens is 3. The van der Waals surface area contributed by atoms with E-state index < -0.39 is 0 Å². The Morgan fingerprint density at radius 2 is 2.14 bits per heavy atom. The van der Waals surface area contributed by atoms with Gasteiger partial charge in [-0.05, 0) is 49.6 Å². The Morgan fingerprint density at radius 1 is 1.33 bits per heavy atom. The number of anilines is 1. The third-order valence-corrected chi connectivity index (χ3v) is 4.12. The molecule has 1 aromatic carbocycles. The van der Waals surface area contributed by atoms with Crippen molar-refractivity contribution in [1.82, 2.24) is 15.0 Å². The average Bonchev–Trinajstić information content (AvgIpc) is 3.19. The molecule has 1 heterocycles. The van der Waals surface area contributed by atoms with Gasteiger partial charge in [0.1, 0.15) is 0 Å².